The average Bonchev–Trinajstić information content (AvgIpc) is 2.68. The summed E-state index contributed by atoms with van der Waals surface area (Å²) in [5, 5.41) is 1.02. The molecule has 2 heterocycles. The standard InChI is InChI=1S/C22H22N2O2/c1-4-22(2)13-17-19(10-7-11-20(17)26-3)24(21(22)25)16-12-15-8-5-6-9-18(15)23-14-16/h5-12,14H,4,13H2,1-3H3. The summed E-state index contributed by atoms with van der Waals surface area (Å²) in [7, 11) is 1.68. The van der Waals surface area contributed by atoms with Crippen molar-refractivity contribution in [2.45, 2.75) is 26.7 Å². The zero-order valence-corrected chi connectivity index (χ0v) is 15.3. The molecule has 1 amide bonds. The number of carbonyl (C=O) groups excluding carboxylic acids is 1. The lowest BCUT2D eigenvalue weighted by Crippen LogP contribution is -2.45. The summed E-state index contributed by atoms with van der Waals surface area (Å²) in [6.45, 7) is 4.10. The first-order chi connectivity index (χ1) is 12.6. The van der Waals surface area contributed by atoms with E-state index in [4.69, 9.17) is 4.74 Å². The molecule has 0 saturated carbocycles. The number of pyridine rings is 1. The van der Waals surface area contributed by atoms with Gasteiger partial charge in [0.05, 0.1) is 35.6 Å². The molecule has 0 aliphatic carbocycles. The number of ether oxygens (including phenoxy) is 1. The number of rotatable bonds is 3. The van der Waals surface area contributed by atoms with E-state index < -0.39 is 5.41 Å². The number of para-hydroxylation sites is 1. The van der Waals surface area contributed by atoms with Crippen molar-refractivity contribution >= 4 is 28.2 Å². The number of amides is 1. The molecule has 1 aromatic heterocycles. The van der Waals surface area contributed by atoms with E-state index in [1.54, 1.807) is 13.3 Å². The lowest BCUT2D eigenvalue weighted by Gasteiger charge is -2.40. The van der Waals surface area contributed by atoms with Crippen LogP contribution in [0.5, 0.6) is 5.75 Å². The number of methoxy groups -OCH3 is 1. The first-order valence-electron chi connectivity index (χ1n) is 8.92. The minimum atomic E-state index is -0.465. The summed E-state index contributed by atoms with van der Waals surface area (Å²) in [5.74, 6) is 0.936. The van der Waals surface area contributed by atoms with E-state index in [2.05, 4.69) is 11.9 Å². The van der Waals surface area contributed by atoms with Crippen molar-refractivity contribution in [2.24, 2.45) is 5.41 Å². The third-order valence-corrected chi connectivity index (χ3v) is 5.47. The predicted octanol–water partition coefficient (Wildman–Crippen LogP) is 4.88. The lowest BCUT2D eigenvalue weighted by atomic mass is 9.76. The Morgan fingerprint density at radius 3 is 2.77 bits per heavy atom. The van der Waals surface area contributed by atoms with Gasteiger partial charge in [-0.3, -0.25) is 14.7 Å². The molecule has 0 bridgehead atoms. The fourth-order valence-electron chi connectivity index (χ4n) is 3.69. The number of benzene rings is 2. The van der Waals surface area contributed by atoms with Crippen molar-refractivity contribution in [3.05, 3.63) is 60.3 Å². The number of fused-ring (bicyclic) bond motifs is 2. The van der Waals surface area contributed by atoms with Crippen molar-refractivity contribution in [3.8, 4) is 5.75 Å². The van der Waals surface area contributed by atoms with E-state index in [0.717, 1.165) is 40.0 Å². The maximum atomic E-state index is 13.4. The molecule has 4 nitrogen and oxygen atoms in total. The Hall–Kier alpha value is -2.88. The Morgan fingerprint density at radius 1 is 1.19 bits per heavy atom. The number of anilines is 2. The van der Waals surface area contributed by atoms with Crippen LogP contribution in [0.4, 0.5) is 11.4 Å². The SMILES string of the molecule is CCC1(C)Cc2c(OC)cccc2N(c2cnc3ccccc3c2)C1=O. The van der Waals surface area contributed by atoms with Gasteiger partial charge in [0.15, 0.2) is 0 Å². The van der Waals surface area contributed by atoms with Crippen LogP contribution in [0, 0.1) is 5.41 Å². The topological polar surface area (TPSA) is 42.4 Å². The van der Waals surface area contributed by atoms with Crippen molar-refractivity contribution in [3.63, 3.8) is 0 Å². The first-order valence-corrected chi connectivity index (χ1v) is 8.92. The molecule has 4 rings (SSSR count). The highest BCUT2D eigenvalue weighted by Gasteiger charge is 2.43. The molecule has 1 unspecified atom stereocenters. The zero-order chi connectivity index (χ0) is 18.3. The summed E-state index contributed by atoms with van der Waals surface area (Å²) in [5.41, 5.74) is 3.21. The van der Waals surface area contributed by atoms with Gasteiger partial charge in [0.1, 0.15) is 5.75 Å². The number of aromatic nitrogens is 1. The van der Waals surface area contributed by atoms with Crippen molar-refractivity contribution in [1.82, 2.24) is 4.98 Å². The summed E-state index contributed by atoms with van der Waals surface area (Å²) < 4.78 is 5.59. The maximum absolute atomic E-state index is 13.4. The maximum Gasteiger partial charge on any atom is 0.237 e. The average molecular weight is 346 g/mol. The van der Waals surface area contributed by atoms with Crippen LogP contribution >= 0.6 is 0 Å². The van der Waals surface area contributed by atoms with Gasteiger partial charge in [-0.15, -0.1) is 0 Å². The molecule has 132 valence electrons. The Kier molecular flexibility index (Phi) is 3.91. The molecule has 3 aromatic rings. The number of carbonyl (C=O) groups is 1. The smallest absolute Gasteiger partial charge is 0.237 e. The Morgan fingerprint density at radius 2 is 2.00 bits per heavy atom. The van der Waals surface area contributed by atoms with Gasteiger partial charge in [0.2, 0.25) is 5.91 Å². The largest absolute Gasteiger partial charge is 0.496 e. The highest BCUT2D eigenvalue weighted by Crippen LogP contribution is 2.46. The van der Waals surface area contributed by atoms with Crippen molar-refractivity contribution in [1.29, 1.82) is 0 Å². The fourth-order valence-corrected chi connectivity index (χ4v) is 3.69. The number of hydrogen-bond acceptors (Lipinski definition) is 3. The van der Waals surface area contributed by atoms with Crippen LogP contribution in [0.1, 0.15) is 25.8 Å². The first kappa shape index (κ1) is 16.6. The molecule has 0 spiro atoms. The summed E-state index contributed by atoms with van der Waals surface area (Å²) in [4.78, 5) is 19.8. The summed E-state index contributed by atoms with van der Waals surface area (Å²) in [6.07, 6.45) is 3.23. The second-order valence-electron chi connectivity index (χ2n) is 7.08. The van der Waals surface area contributed by atoms with Crippen LogP contribution < -0.4 is 9.64 Å². The van der Waals surface area contributed by atoms with Gasteiger partial charge < -0.3 is 4.74 Å². The third-order valence-electron chi connectivity index (χ3n) is 5.47. The Balaban J connectivity index is 1.94. The van der Waals surface area contributed by atoms with Gasteiger partial charge in [-0.2, -0.15) is 0 Å². The van der Waals surface area contributed by atoms with E-state index >= 15 is 0 Å². The van der Waals surface area contributed by atoms with Crippen molar-refractivity contribution in [2.75, 3.05) is 12.0 Å². The summed E-state index contributed by atoms with van der Waals surface area (Å²) in [6, 6.07) is 15.9. The van der Waals surface area contributed by atoms with Crippen LogP contribution in [0.15, 0.2) is 54.7 Å². The second kappa shape index (κ2) is 6.13. The summed E-state index contributed by atoms with van der Waals surface area (Å²) >= 11 is 0. The van der Waals surface area contributed by atoms with E-state index in [1.165, 1.54) is 0 Å². The van der Waals surface area contributed by atoms with Crippen LogP contribution in [0.25, 0.3) is 10.9 Å². The Labute approximate surface area is 153 Å². The van der Waals surface area contributed by atoms with E-state index in [1.807, 2.05) is 60.4 Å². The van der Waals surface area contributed by atoms with Gasteiger partial charge in [0, 0.05) is 10.9 Å². The van der Waals surface area contributed by atoms with E-state index in [9.17, 15) is 4.79 Å². The molecule has 1 aliphatic rings. The number of nitrogens with zero attached hydrogens (tertiary/aromatic N) is 2. The van der Waals surface area contributed by atoms with Gasteiger partial charge in [-0.25, -0.2) is 0 Å². The van der Waals surface area contributed by atoms with Crippen LogP contribution in [0.3, 0.4) is 0 Å². The highest BCUT2D eigenvalue weighted by molar-refractivity contribution is 6.07. The third kappa shape index (κ3) is 2.45. The zero-order valence-electron chi connectivity index (χ0n) is 15.3. The quantitative estimate of drug-likeness (QED) is 0.679. The molecular formula is C22H22N2O2. The van der Waals surface area contributed by atoms with E-state index in [0.29, 0.717) is 6.42 Å². The molecule has 0 radical (unpaired) electrons. The van der Waals surface area contributed by atoms with Gasteiger partial charge in [0.25, 0.3) is 0 Å². The highest BCUT2D eigenvalue weighted by atomic mass is 16.5. The minimum absolute atomic E-state index is 0.109. The molecular weight excluding hydrogens is 324 g/mol. The molecule has 1 aliphatic heterocycles. The van der Waals surface area contributed by atoms with Crippen molar-refractivity contribution < 1.29 is 9.53 Å². The van der Waals surface area contributed by atoms with E-state index in [-0.39, 0.29) is 5.91 Å². The molecule has 0 fully saturated rings. The van der Waals surface area contributed by atoms with Gasteiger partial charge in [-0.05, 0) is 37.1 Å². The molecule has 4 heteroatoms. The Bertz CT molecular complexity index is 998. The monoisotopic (exact) mass is 346 g/mol. The molecule has 26 heavy (non-hydrogen) atoms. The minimum Gasteiger partial charge on any atom is -0.496 e. The lowest BCUT2D eigenvalue weighted by molar-refractivity contribution is -0.127. The molecule has 2 aromatic carbocycles. The second-order valence-corrected chi connectivity index (χ2v) is 7.08. The van der Waals surface area contributed by atoms with Crippen LogP contribution in [-0.2, 0) is 11.2 Å². The predicted molar refractivity (Wildman–Crippen MR) is 104 cm³/mol. The van der Waals surface area contributed by atoms with Crippen LogP contribution in [0.2, 0.25) is 0 Å². The van der Waals surface area contributed by atoms with Crippen LogP contribution in [-0.4, -0.2) is 18.0 Å². The fraction of sp³-hybridized carbons (Fsp3) is 0.273. The normalized spacial score (nSPS) is 19.5. The molecule has 0 saturated heterocycles. The molecule has 0 N–H and O–H groups in total. The van der Waals surface area contributed by atoms with Gasteiger partial charge >= 0.3 is 0 Å². The number of hydrogen-bond donors (Lipinski definition) is 0. The van der Waals surface area contributed by atoms with Gasteiger partial charge in [-0.1, -0.05) is 38.1 Å². The molecule has 1 atom stereocenters.